The highest BCUT2D eigenvalue weighted by atomic mass is 16.6. The van der Waals surface area contributed by atoms with Gasteiger partial charge >= 0.3 is 5.97 Å². The molecule has 0 aliphatic heterocycles. The summed E-state index contributed by atoms with van der Waals surface area (Å²) in [5.41, 5.74) is 1.07. The van der Waals surface area contributed by atoms with E-state index in [0.29, 0.717) is 11.3 Å². The Morgan fingerprint density at radius 2 is 2.05 bits per heavy atom. The second-order valence-electron chi connectivity index (χ2n) is 3.88. The lowest BCUT2D eigenvalue weighted by Gasteiger charge is -2.09. The van der Waals surface area contributed by atoms with Crippen LogP contribution in [0.25, 0.3) is 11.3 Å². The van der Waals surface area contributed by atoms with Crippen LogP contribution in [-0.2, 0) is 4.79 Å². The van der Waals surface area contributed by atoms with Crippen LogP contribution in [0, 0.1) is 10.1 Å². The van der Waals surface area contributed by atoms with Crippen molar-refractivity contribution in [3.63, 3.8) is 0 Å². The molecule has 0 fully saturated rings. The Morgan fingerprint density at radius 3 is 2.58 bits per heavy atom. The fraction of sp³-hybridized carbons (Fsp3) is 0.182. The Balaban J connectivity index is 2.40. The highest BCUT2D eigenvalue weighted by molar-refractivity contribution is 5.73. The number of aliphatic carboxylic acids is 1. The molecular weight excluding hydrogens is 252 g/mol. The molecule has 0 saturated carbocycles. The van der Waals surface area contributed by atoms with Gasteiger partial charge in [-0.3, -0.25) is 10.1 Å². The number of hydrogen-bond donors (Lipinski definition) is 1. The molecule has 0 aliphatic carbocycles. The van der Waals surface area contributed by atoms with Crippen molar-refractivity contribution in [2.75, 3.05) is 0 Å². The zero-order valence-corrected chi connectivity index (χ0v) is 9.92. The molecule has 1 aromatic heterocycles. The summed E-state index contributed by atoms with van der Waals surface area (Å²) in [5, 5.41) is 26.9. The monoisotopic (exact) mass is 262 g/mol. The minimum absolute atomic E-state index is 0.0333. The average Bonchev–Trinajstić information content (AvgIpc) is 2.86. The number of rotatable bonds is 4. The Kier molecular flexibility index (Phi) is 3.23. The van der Waals surface area contributed by atoms with Gasteiger partial charge in [0.2, 0.25) is 0 Å². The van der Waals surface area contributed by atoms with E-state index in [1.807, 2.05) is 0 Å². The number of carboxylic acids is 1. The van der Waals surface area contributed by atoms with E-state index in [-0.39, 0.29) is 5.69 Å². The first-order valence-electron chi connectivity index (χ1n) is 5.38. The van der Waals surface area contributed by atoms with Crippen LogP contribution >= 0.6 is 0 Å². The molecule has 0 bridgehead atoms. The number of aromatic nitrogens is 3. The molecule has 2 rings (SSSR count). The summed E-state index contributed by atoms with van der Waals surface area (Å²) in [6, 6.07) is 4.88. The number of nitro benzene ring substituents is 1. The van der Waals surface area contributed by atoms with Gasteiger partial charge in [0.1, 0.15) is 6.04 Å². The van der Waals surface area contributed by atoms with Crippen LogP contribution in [0.5, 0.6) is 0 Å². The molecule has 98 valence electrons. The van der Waals surface area contributed by atoms with Crippen molar-refractivity contribution in [3.8, 4) is 11.3 Å². The first-order valence-corrected chi connectivity index (χ1v) is 5.38. The van der Waals surface area contributed by atoms with Crippen LogP contribution in [0.4, 0.5) is 5.69 Å². The molecule has 0 radical (unpaired) electrons. The second kappa shape index (κ2) is 4.84. The fourth-order valence-electron chi connectivity index (χ4n) is 1.59. The van der Waals surface area contributed by atoms with Gasteiger partial charge in [-0.1, -0.05) is 5.21 Å². The Labute approximate surface area is 107 Å². The molecule has 0 amide bonds. The van der Waals surface area contributed by atoms with E-state index < -0.39 is 16.9 Å². The number of carboxylic acid groups (broad SMARTS) is 1. The van der Waals surface area contributed by atoms with Crippen molar-refractivity contribution < 1.29 is 14.8 Å². The molecule has 8 nitrogen and oxygen atoms in total. The van der Waals surface area contributed by atoms with Crippen molar-refractivity contribution in [1.82, 2.24) is 15.0 Å². The lowest BCUT2D eigenvalue weighted by molar-refractivity contribution is -0.384. The molecule has 1 heterocycles. The van der Waals surface area contributed by atoms with Gasteiger partial charge in [0, 0.05) is 17.7 Å². The number of nitro groups is 1. The summed E-state index contributed by atoms with van der Waals surface area (Å²) >= 11 is 0. The standard InChI is InChI=1S/C11H10N4O4/c1-7(11(16)17)14-10(6-12-13-14)8-2-4-9(5-3-8)15(18)19/h2-7H,1H3,(H,16,17). The Hall–Kier alpha value is -2.77. The van der Waals surface area contributed by atoms with E-state index in [0.717, 1.165) is 0 Å². The van der Waals surface area contributed by atoms with Gasteiger partial charge in [-0.2, -0.15) is 0 Å². The highest BCUT2D eigenvalue weighted by Gasteiger charge is 2.19. The number of non-ortho nitro benzene ring substituents is 1. The van der Waals surface area contributed by atoms with E-state index in [9.17, 15) is 14.9 Å². The van der Waals surface area contributed by atoms with Crippen LogP contribution < -0.4 is 0 Å². The zero-order chi connectivity index (χ0) is 14.0. The Bertz CT molecular complexity index is 620. The molecule has 1 aromatic carbocycles. The summed E-state index contributed by atoms with van der Waals surface area (Å²) in [6.07, 6.45) is 1.42. The zero-order valence-electron chi connectivity index (χ0n) is 9.92. The molecular formula is C11H10N4O4. The number of carbonyl (C=O) groups is 1. The minimum Gasteiger partial charge on any atom is -0.480 e. The van der Waals surface area contributed by atoms with E-state index >= 15 is 0 Å². The van der Waals surface area contributed by atoms with Crippen molar-refractivity contribution in [2.45, 2.75) is 13.0 Å². The van der Waals surface area contributed by atoms with Gasteiger partial charge in [-0.05, 0) is 19.1 Å². The largest absolute Gasteiger partial charge is 0.480 e. The summed E-state index contributed by atoms with van der Waals surface area (Å²) in [7, 11) is 0. The number of benzene rings is 1. The predicted molar refractivity (Wildman–Crippen MR) is 64.5 cm³/mol. The SMILES string of the molecule is CC(C(=O)O)n1nncc1-c1ccc([N+](=O)[O-])cc1. The molecule has 1 atom stereocenters. The van der Waals surface area contributed by atoms with Crippen LogP contribution in [-0.4, -0.2) is 31.0 Å². The summed E-state index contributed by atoms with van der Waals surface area (Å²) < 4.78 is 1.25. The van der Waals surface area contributed by atoms with Gasteiger partial charge in [-0.25, -0.2) is 9.48 Å². The van der Waals surface area contributed by atoms with Gasteiger partial charge in [0.25, 0.3) is 5.69 Å². The molecule has 0 saturated heterocycles. The lowest BCUT2D eigenvalue weighted by atomic mass is 10.1. The molecule has 0 aliphatic rings. The van der Waals surface area contributed by atoms with Crippen molar-refractivity contribution in [3.05, 3.63) is 40.6 Å². The fourth-order valence-corrected chi connectivity index (χ4v) is 1.59. The summed E-state index contributed by atoms with van der Waals surface area (Å²) in [4.78, 5) is 21.0. The van der Waals surface area contributed by atoms with Crippen molar-refractivity contribution in [1.29, 1.82) is 0 Å². The maximum absolute atomic E-state index is 10.9. The predicted octanol–water partition coefficient (Wildman–Crippen LogP) is 1.50. The van der Waals surface area contributed by atoms with Crippen molar-refractivity contribution >= 4 is 11.7 Å². The van der Waals surface area contributed by atoms with Gasteiger partial charge in [0.05, 0.1) is 16.8 Å². The maximum Gasteiger partial charge on any atom is 0.328 e. The second-order valence-corrected chi connectivity index (χ2v) is 3.88. The van der Waals surface area contributed by atoms with Crippen LogP contribution in [0.1, 0.15) is 13.0 Å². The first kappa shape index (κ1) is 12.7. The quantitative estimate of drug-likeness (QED) is 0.660. The first-order chi connectivity index (χ1) is 9.00. The maximum atomic E-state index is 10.9. The third-order valence-corrected chi connectivity index (χ3v) is 2.67. The molecule has 8 heteroatoms. The van der Waals surface area contributed by atoms with Crippen molar-refractivity contribution in [2.24, 2.45) is 0 Å². The van der Waals surface area contributed by atoms with Gasteiger partial charge < -0.3 is 5.11 Å². The van der Waals surface area contributed by atoms with Crippen LogP contribution in [0.15, 0.2) is 30.5 Å². The minimum atomic E-state index is -1.03. The Morgan fingerprint density at radius 1 is 1.42 bits per heavy atom. The molecule has 2 aromatic rings. The lowest BCUT2D eigenvalue weighted by Crippen LogP contribution is -2.17. The summed E-state index contributed by atoms with van der Waals surface area (Å²) in [6.45, 7) is 1.48. The van der Waals surface area contributed by atoms with E-state index in [1.165, 1.54) is 42.1 Å². The average molecular weight is 262 g/mol. The van der Waals surface area contributed by atoms with Crippen LogP contribution in [0.3, 0.4) is 0 Å². The third-order valence-electron chi connectivity index (χ3n) is 2.67. The van der Waals surface area contributed by atoms with Crippen LogP contribution in [0.2, 0.25) is 0 Å². The molecule has 0 spiro atoms. The normalized spacial score (nSPS) is 12.1. The summed E-state index contributed by atoms with van der Waals surface area (Å²) in [5.74, 6) is -1.03. The van der Waals surface area contributed by atoms with E-state index in [2.05, 4.69) is 10.3 Å². The molecule has 1 N–H and O–H groups in total. The number of hydrogen-bond acceptors (Lipinski definition) is 5. The van der Waals surface area contributed by atoms with Gasteiger partial charge in [-0.15, -0.1) is 5.10 Å². The van der Waals surface area contributed by atoms with E-state index in [4.69, 9.17) is 5.11 Å². The highest BCUT2D eigenvalue weighted by Crippen LogP contribution is 2.23. The topological polar surface area (TPSA) is 111 Å². The van der Waals surface area contributed by atoms with E-state index in [1.54, 1.807) is 0 Å². The molecule has 19 heavy (non-hydrogen) atoms. The number of nitrogens with zero attached hydrogens (tertiary/aromatic N) is 4. The molecule has 1 unspecified atom stereocenters. The smallest absolute Gasteiger partial charge is 0.328 e. The third kappa shape index (κ3) is 2.41. The van der Waals surface area contributed by atoms with Gasteiger partial charge in [0.15, 0.2) is 0 Å².